The lowest BCUT2D eigenvalue weighted by atomic mass is 9.93. The van der Waals surface area contributed by atoms with E-state index in [0.717, 1.165) is 21.7 Å². The minimum Gasteiger partial charge on any atom is -0.467 e. The van der Waals surface area contributed by atoms with E-state index in [9.17, 15) is 9.59 Å². The van der Waals surface area contributed by atoms with Crippen molar-refractivity contribution in [1.29, 1.82) is 0 Å². The number of amides is 1. The van der Waals surface area contributed by atoms with Gasteiger partial charge in [-0.25, -0.2) is 9.78 Å². The Hall–Kier alpha value is -2.99. The number of fused-ring (bicyclic) bond motifs is 1. The molecule has 0 aliphatic carbocycles. The summed E-state index contributed by atoms with van der Waals surface area (Å²) in [6.07, 6.45) is 1.15. The van der Waals surface area contributed by atoms with Crippen molar-refractivity contribution < 1.29 is 14.3 Å². The van der Waals surface area contributed by atoms with Crippen molar-refractivity contribution in [2.45, 2.75) is 32.4 Å². The molecule has 0 bridgehead atoms. The van der Waals surface area contributed by atoms with E-state index in [-0.39, 0.29) is 11.9 Å². The minimum atomic E-state index is -0.624. The van der Waals surface area contributed by atoms with Gasteiger partial charge in [0, 0.05) is 19.4 Å². The number of methoxy groups -OCH3 is 1. The Morgan fingerprint density at radius 2 is 1.79 bits per heavy atom. The first-order valence-electron chi connectivity index (χ1n) is 9.52. The Labute approximate surface area is 174 Å². The molecule has 0 saturated carbocycles. The molecule has 1 aromatic heterocycles. The SMILES string of the molecule is COC(=O)C1Cc2ccccc2CN1C(=O)c1sc(Cc2ccccc2)nc1C. The molecule has 0 radical (unpaired) electrons. The fourth-order valence-electron chi connectivity index (χ4n) is 3.71. The zero-order valence-electron chi connectivity index (χ0n) is 16.4. The van der Waals surface area contributed by atoms with Crippen LogP contribution in [0, 0.1) is 6.92 Å². The summed E-state index contributed by atoms with van der Waals surface area (Å²) in [5, 5.41) is 0.893. The Kier molecular flexibility index (Phi) is 5.45. The topological polar surface area (TPSA) is 59.5 Å². The number of aromatic nitrogens is 1. The highest BCUT2D eigenvalue weighted by Crippen LogP contribution is 2.29. The molecule has 29 heavy (non-hydrogen) atoms. The summed E-state index contributed by atoms with van der Waals surface area (Å²) in [7, 11) is 1.36. The average molecular weight is 407 g/mol. The lowest BCUT2D eigenvalue weighted by Crippen LogP contribution is -2.49. The first kappa shape index (κ1) is 19.3. The third kappa shape index (κ3) is 3.93. The van der Waals surface area contributed by atoms with E-state index in [4.69, 9.17) is 4.74 Å². The lowest BCUT2D eigenvalue weighted by Gasteiger charge is -2.35. The second kappa shape index (κ2) is 8.17. The van der Waals surface area contributed by atoms with Crippen molar-refractivity contribution in [3.05, 3.63) is 86.9 Å². The van der Waals surface area contributed by atoms with Crippen LogP contribution in [0.4, 0.5) is 0 Å². The van der Waals surface area contributed by atoms with Gasteiger partial charge in [-0.1, -0.05) is 54.6 Å². The van der Waals surface area contributed by atoms with Gasteiger partial charge in [0.2, 0.25) is 0 Å². The quantitative estimate of drug-likeness (QED) is 0.619. The number of aryl methyl sites for hydroxylation is 1. The molecule has 1 unspecified atom stereocenters. The summed E-state index contributed by atoms with van der Waals surface area (Å²) < 4.78 is 4.99. The minimum absolute atomic E-state index is 0.163. The molecule has 1 aliphatic heterocycles. The Bertz CT molecular complexity index is 1050. The monoisotopic (exact) mass is 406 g/mol. The van der Waals surface area contributed by atoms with E-state index >= 15 is 0 Å². The van der Waals surface area contributed by atoms with Gasteiger partial charge in [-0.3, -0.25) is 4.79 Å². The Morgan fingerprint density at radius 3 is 2.52 bits per heavy atom. The van der Waals surface area contributed by atoms with Crippen LogP contribution in [-0.2, 0) is 28.9 Å². The molecule has 1 atom stereocenters. The summed E-state index contributed by atoms with van der Waals surface area (Å²) >= 11 is 1.40. The fourth-order valence-corrected chi connectivity index (χ4v) is 4.77. The van der Waals surface area contributed by atoms with Crippen LogP contribution in [0.1, 0.15) is 37.1 Å². The van der Waals surface area contributed by atoms with Crippen molar-refractivity contribution in [1.82, 2.24) is 9.88 Å². The van der Waals surface area contributed by atoms with Gasteiger partial charge >= 0.3 is 5.97 Å². The smallest absolute Gasteiger partial charge is 0.328 e. The van der Waals surface area contributed by atoms with E-state index in [1.165, 1.54) is 18.4 Å². The number of benzene rings is 2. The van der Waals surface area contributed by atoms with Crippen molar-refractivity contribution in [2.75, 3.05) is 7.11 Å². The van der Waals surface area contributed by atoms with Crippen LogP contribution in [-0.4, -0.2) is 34.9 Å². The Balaban J connectivity index is 1.63. The molecule has 2 heterocycles. The summed E-state index contributed by atoms with van der Waals surface area (Å²) in [6, 6.07) is 17.4. The second-order valence-electron chi connectivity index (χ2n) is 7.13. The van der Waals surface area contributed by atoms with Crippen molar-refractivity contribution in [3.8, 4) is 0 Å². The van der Waals surface area contributed by atoms with Gasteiger partial charge in [-0.05, 0) is 23.6 Å². The molecule has 0 N–H and O–H groups in total. The van der Waals surface area contributed by atoms with Gasteiger partial charge in [0.15, 0.2) is 0 Å². The number of hydrogen-bond donors (Lipinski definition) is 0. The molecule has 148 valence electrons. The van der Waals surface area contributed by atoms with Gasteiger partial charge in [0.25, 0.3) is 5.91 Å². The molecule has 0 spiro atoms. The number of thiazole rings is 1. The predicted octanol–water partition coefficient (Wildman–Crippen LogP) is 3.78. The number of rotatable bonds is 4. The molecule has 1 amide bonds. The highest BCUT2D eigenvalue weighted by molar-refractivity contribution is 7.13. The van der Waals surface area contributed by atoms with E-state index in [0.29, 0.717) is 30.0 Å². The van der Waals surface area contributed by atoms with Crippen LogP contribution >= 0.6 is 11.3 Å². The zero-order chi connectivity index (χ0) is 20.4. The highest BCUT2D eigenvalue weighted by atomic mass is 32.1. The van der Waals surface area contributed by atoms with Gasteiger partial charge in [-0.15, -0.1) is 11.3 Å². The van der Waals surface area contributed by atoms with Gasteiger partial charge in [0.05, 0.1) is 17.8 Å². The lowest BCUT2D eigenvalue weighted by molar-refractivity contribution is -0.146. The highest BCUT2D eigenvalue weighted by Gasteiger charge is 2.37. The van der Waals surface area contributed by atoms with Crippen LogP contribution in [0.2, 0.25) is 0 Å². The predicted molar refractivity (Wildman–Crippen MR) is 112 cm³/mol. The number of carbonyl (C=O) groups excluding carboxylic acids is 2. The van der Waals surface area contributed by atoms with Gasteiger partial charge < -0.3 is 9.64 Å². The molecule has 4 rings (SSSR count). The molecule has 5 nitrogen and oxygen atoms in total. The van der Waals surface area contributed by atoms with Crippen LogP contribution in [0.15, 0.2) is 54.6 Å². The largest absolute Gasteiger partial charge is 0.467 e. The summed E-state index contributed by atoms with van der Waals surface area (Å²) in [5.74, 6) is -0.552. The maximum absolute atomic E-state index is 13.4. The average Bonchev–Trinajstić information content (AvgIpc) is 3.12. The van der Waals surface area contributed by atoms with E-state index in [1.807, 2.05) is 61.5 Å². The maximum atomic E-state index is 13.4. The summed E-state index contributed by atoms with van der Waals surface area (Å²) in [6.45, 7) is 2.24. The molecule has 3 aromatic rings. The first-order valence-corrected chi connectivity index (χ1v) is 10.3. The Morgan fingerprint density at radius 1 is 1.10 bits per heavy atom. The van der Waals surface area contributed by atoms with Crippen LogP contribution in [0.5, 0.6) is 0 Å². The number of ether oxygens (including phenoxy) is 1. The number of hydrogen-bond acceptors (Lipinski definition) is 5. The molecule has 2 aromatic carbocycles. The van der Waals surface area contributed by atoms with Gasteiger partial charge in [-0.2, -0.15) is 0 Å². The molecule has 0 saturated heterocycles. The van der Waals surface area contributed by atoms with E-state index in [2.05, 4.69) is 4.98 Å². The third-order valence-electron chi connectivity index (χ3n) is 5.22. The zero-order valence-corrected chi connectivity index (χ0v) is 17.2. The van der Waals surface area contributed by atoms with Crippen molar-refractivity contribution in [2.24, 2.45) is 0 Å². The first-order chi connectivity index (χ1) is 14.1. The molecule has 0 fully saturated rings. The molecular weight excluding hydrogens is 384 g/mol. The fraction of sp³-hybridized carbons (Fsp3) is 0.261. The molecule has 6 heteroatoms. The van der Waals surface area contributed by atoms with Gasteiger partial charge in [0.1, 0.15) is 10.9 Å². The van der Waals surface area contributed by atoms with E-state index in [1.54, 1.807) is 4.90 Å². The second-order valence-corrected chi connectivity index (χ2v) is 8.21. The summed E-state index contributed by atoms with van der Waals surface area (Å²) in [5.41, 5.74) is 4.00. The van der Waals surface area contributed by atoms with Crippen molar-refractivity contribution >= 4 is 23.2 Å². The number of esters is 1. The molecule has 1 aliphatic rings. The van der Waals surface area contributed by atoms with Crippen LogP contribution in [0.3, 0.4) is 0 Å². The third-order valence-corrected chi connectivity index (χ3v) is 6.36. The summed E-state index contributed by atoms with van der Waals surface area (Å²) in [4.78, 5) is 32.7. The standard InChI is InChI=1S/C23H22N2O3S/c1-15-21(29-20(24-15)12-16-8-4-3-5-9-16)22(26)25-14-18-11-7-6-10-17(18)13-19(25)23(27)28-2/h3-11,19H,12-14H2,1-2H3. The van der Waals surface area contributed by atoms with Crippen molar-refractivity contribution in [3.63, 3.8) is 0 Å². The number of nitrogens with zero attached hydrogens (tertiary/aromatic N) is 2. The van der Waals surface area contributed by atoms with Crippen LogP contribution < -0.4 is 0 Å². The number of carbonyl (C=O) groups is 2. The van der Waals surface area contributed by atoms with Crippen LogP contribution in [0.25, 0.3) is 0 Å². The maximum Gasteiger partial charge on any atom is 0.328 e. The molecular formula is C23H22N2O3S. The normalized spacial score (nSPS) is 15.7. The van der Waals surface area contributed by atoms with E-state index < -0.39 is 6.04 Å².